The summed E-state index contributed by atoms with van der Waals surface area (Å²) >= 11 is 3.46. The largest absolute Gasteiger partial charge is 0.396 e. The monoisotopic (exact) mass is 324 g/mol. The van der Waals surface area contributed by atoms with Crippen LogP contribution >= 0.6 is 15.9 Å². The molecule has 1 aliphatic carbocycles. The van der Waals surface area contributed by atoms with Gasteiger partial charge in [-0.15, -0.1) is 5.10 Å². The van der Waals surface area contributed by atoms with E-state index in [1.54, 1.807) is 4.52 Å². The second-order valence-corrected chi connectivity index (χ2v) is 6.13. The lowest BCUT2D eigenvalue weighted by Gasteiger charge is -2.26. The zero-order valence-corrected chi connectivity index (χ0v) is 12.2. The molecule has 0 radical (unpaired) electrons. The maximum Gasteiger partial charge on any atom is 0.243 e. The Bertz CT molecular complexity index is 577. The minimum Gasteiger partial charge on any atom is -0.396 e. The third-order valence-corrected chi connectivity index (χ3v) is 4.55. The molecule has 5 nitrogen and oxygen atoms in total. The number of halogens is 1. The van der Waals surface area contributed by atoms with Crippen molar-refractivity contribution in [1.82, 2.24) is 14.6 Å². The topological polar surface area (TPSA) is 62.5 Å². The van der Waals surface area contributed by atoms with Gasteiger partial charge in [-0.1, -0.05) is 12.8 Å². The van der Waals surface area contributed by atoms with Crippen LogP contribution in [0.5, 0.6) is 0 Å². The Hall–Kier alpha value is -1.14. The fraction of sp³-hybridized carbons (Fsp3) is 0.538. The van der Waals surface area contributed by atoms with Crippen molar-refractivity contribution >= 4 is 27.5 Å². The van der Waals surface area contributed by atoms with Gasteiger partial charge in [0.25, 0.3) is 0 Å². The number of hydrogen-bond acceptors (Lipinski definition) is 4. The molecule has 0 atom stereocenters. The average molecular weight is 325 g/mol. The summed E-state index contributed by atoms with van der Waals surface area (Å²) in [5, 5.41) is 17.2. The van der Waals surface area contributed by atoms with Gasteiger partial charge in [0, 0.05) is 18.2 Å². The number of fused-ring (bicyclic) bond motifs is 1. The van der Waals surface area contributed by atoms with Crippen molar-refractivity contribution < 1.29 is 5.11 Å². The van der Waals surface area contributed by atoms with Crippen LogP contribution in [0.15, 0.2) is 22.8 Å². The Labute approximate surface area is 120 Å². The maximum absolute atomic E-state index is 9.58. The first-order valence-electron chi connectivity index (χ1n) is 6.58. The van der Waals surface area contributed by atoms with Gasteiger partial charge < -0.3 is 10.4 Å². The van der Waals surface area contributed by atoms with E-state index in [0.717, 1.165) is 29.5 Å². The highest BCUT2D eigenvalue weighted by atomic mass is 79.9. The fourth-order valence-corrected chi connectivity index (χ4v) is 3.15. The summed E-state index contributed by atoms with van der Waals surface area (Å²) in [7, 11) is 0. The smallest absolute Gasteiger partial charge is 0.243 e. The molecule has 19 heavy (non-hydrogen) atoms. The predicted molar refractivity (Wildman–Crippen MR) is 77.2 cm³/mol. The van der Waals surface area contributed by atoms with Gasteiger partial charge in [-0.2, -0.15) is 4.98 Å². The first-order chi connectivity index (χ1) is 9.22. The number of aliphatic hydroxyl groups excluding tert-OH is 1. The highest BCUT2D eigenvalue weighted by Crippen LogP contribution is 2.37. The molecule has 0 unspecified atom stereocenters. The molecule has 0 aromatic carbocycles. The summed E-state index contributed by atoms with van der Waals surface area (Å²) in [6, 6.07) is 3.86. The Balaban J connectivity index is 1.76. The molecule has 1 saturated carbocycles. The van der Waals surface area contributed by atoms with Gasteiger partial charge in [-0.05, 0) is 40.9 Å². The van der Waals surface area contributed by atoms with E-state index < -0.39 is 0 Å². The van der Waals surface area contributed by atoms with Crippen molar-refractivity contribution in [2.24, 2.45) is 5.41 Å². The van der Waals surface area contributed by atoms with Gasteiger partial charge >= 0.3 is 0 Å². The lowest BCUT2D eigenvalue weighted by molar-refractivity contribution is 0.142. The van der Waals surface area contributed by atoms with E-state index in [2.05, 4.69) is 31.3 Å². The number of aromatic nitrogens is 3. The molecule has 3 rings (SSSR count). The SMILES string of the molecule is OCC1(CNc2nc3c(Br)cccn3n2)CCCC1. The lowest BCUT2D eigenvalue weighted by Crippen LogP contribution is -2.30. The van der Waals surface area contributed by atoms with Crippen LogP contribution in [-0.4, -0.2) is 32.9 Å². The van der Waals surface area contributed by atoms with Gasteiger partial charge in [0.05, 0.1) is 11.1 Å². The fourth-order valence-electron chi connectivity index (χ4n) is 2.73. The first kappa shape index (κ1) is 12.9. The Morgan fingerprint density at radius 2 is 2.21 bits per heavy atom. The summed E-state index contributed by atoms with van der Waals surface area (Å²) < 4.78 is 2.67. The van der Waals surface area contributed by atoms with Crippen molar-refractivity contribution in [3.05, 3.63) is 22.8 Å². The summed E-state index contributed by atoms with van der Waals surface area (Å²) in [5.74, 6) is 0.617. The molecule has 0 spiro atoms. The zero-order chi connectivity index (χ0) is 13.3. The molecule has 0 amide bonds. The summed E-state index contributed by atoms with van der Waals surface area (Å²) in [6.45, 7) is 0.967. The second-order valence-electron chi connectivity index (χ2n) is 5.28. The van der Waals surface area contributed by atoms with Crippen molar-refractivity contribution in [3.8, 4) is 0 Å². The molecule has 2 aromatic rings. The van der Waals surface area contributed by atoms with Crippen molar-refractivity contribution in [2.75, 3.05) is 18.5 Å². The van der Waals surface area contributed by atoms with Gasteiger partial charge in [0.1, 0.15) is 0 Å². The number of rotatable bonds is 4. The van der Waals surface area contributed by atoms with Crippen LogP contribution in [-0.2, 0) is 0 Å². The van der Waals surface area contributed by atoms with E-state index >= 15 is 0 Å². The standard InChI is InChI=1S/C13H17BrN4O/c14-10-4-3-7-18-11(10)16-12(17-18)15-8-13(9-19)5-1-2-6-13/h3-4,7,19H,1-2,5-6,8-9H2,(H,15,17). The Morgan fingerprint density at radius 1 is 1.42 bits per heavy atom. The van der Waals surface area contributed by atoms with E-state index in [0.29, 0.717) is 5.95 Å². The predicted octanol–water partition coefficient (Wildman–Crippen LogP) is 2.46. The normalized spacial score (nSPS) is 18.0. The van der Waals surface area contributed by atoms with Crippen LogP contribution in [0, 0.1) is 5.41 Å². The average Bonchev–Trinajstić information content (AvgIpc) is 3.04. The first-order valence-corrected chi connectivity index (χ1v) is 7.37. The molecule has 2 N–H and O–H groups in total. The summed E-state index contributed by atoms with van der Waals surface area (Å²) in [4.78, 5) is 4.45. The summed E-state index contributed by atoms with van der Waals surface area (Å²) in [6.07, 6.45) is 6.43. The lowest BCUT2D eigenvalue weighted by atomic mass is 9.87. The molecule has 2 heterocycles. The zero-order valence-electron chi connectivity index (χ0n) is 10.6. The molecule has 2 aromatic heterocycles. The number of nitrogens with one attached hydrogen (secondary N) is 1. The van der Waals surface area contributed by atoms with Crippen molar-refractivity contribution in [1.29, 1.82) is 0 Å². The third kappa shape index (κ3) is 2.47. The van der Waals surface area contributed by atoms with Gasteiger partial charge in [0.2, 0.25) is 5.95 Å². The summed E-state index contributed by atoms with van der Waals surface area (Å²) in [5.41, 5.74) is 0.809. The van der Waals surface area contributed by atoms with Crippen molar-refractivity contribution in [3.63, 3.8) is 0 Å². The molecule has 1 fully saturated rings. The molecule has 102 valence electrons. The van der Waals surface area contributed by atoms with Crippen molar-refractivity contribution in [2.45, 2.75) is 25.7 Å². The third-order valence-electron chi connectivity index (χ3n) is 3.94. The van der Waals surface area contributed by atoms with Crippen LogP contribution < -0.4 is 5.32 Å². The number of anilines is 1. The highest BCUT2D eigenvalue weighted by Gasteiger charge is 2.33. The van der Waals surface area contributed by atoms with E-state index in [-0.39, 0.29) is 12.0 Å². The second kappa shape index (κ2) is 5.09. The molecular formula is C13H17BrN4O. The number of aliphatic hydroxyl groups is 1. The minimum absolute atomic E-state index is 0.00864. The van der Waals surface area contributed by atoms with Crippen LogP contribution in [0.4, 0.5) is 5.95 Å². The van der Waals surface area contributed by atoms with Gasteiger partial charge in [-0.25, -0.2) is 4.52 Å². The van der Waals surface area contributed by atoms with Crippen LogP contribution in [0.3, 0.4) is 0 Å². The number of hydrogen-bond donors (Lipinski definition) is 2. The quantitative estimate of drug-likeness (QED) is 0.906. The maximum atomic E-state index is 9.58. The molecule has 0 aliphatic heterocycles. The van der Waals surface area contributed by atoms with Crippen LogP contribution in [0.1, 0.15) is 25.7 Å². The van der Waals surface area contributed by atoms with E-state index in [1.165, 1.54) is 12.8 Å². The Morgan fingerprint density at radius 3 is 2.89 bits per heavy atom. The van der Waals surface area contributed by atoms with Crippen LogP contribution in [0.25, 0.3) is 5.65 Å². The molecular weight excluding hydrogens is 308 g/mol. The van der Waals surface area contributed by atoms with E-state index in [1.807, 2.05) is 18.3 Å². The minimum atomic E-state index is 0.00864. The van der Waals surface area contributed by atoms with E-state index in [9.17, 15) is 5.11 Å². The van der Waals surface area contributed by atoms with E-state index in [4.69, 9.17) is 0 Å². The van der Waals surface area contributed by atoms with Crippen LogP contribution in [0.2, 0.25) is 0 Å². The number of nitrogens with zero attached hydrogens (tertiary/aromatic N) is 3. The van der Waals surface area contributed by atoms with Gasteiger partial charge in [-0.3, -0.25) is 0 Å². The number of pyridine rings is 1. The molecule has 0 saturated heterocycles. The highest BCUT2D eigenvalue weighted by molar-refractivity contribution is 9.10. The molecule has 1 aliphatic rings. The Kier molecular flexibility index (Phi) is 3.45. The molecule has 0 bridgehead atoms. The van der Waals surface area contributed by atoms with Gasteiger partial charge in [0.15, 0.2) is 5.65 Å². The molecule has 6 heteroatoms.